The SMILES string of the molecule is Cl.Cn1c(SCCCN2CC[C@]3(C[C@@H]3c3ccc(C(F)(F)F)cc3)C2)nnc1C1CCN(C(=O)C2CC2)CC1. The second-order valence-electron chi connectivity index (χ2n) is 11.7. The van der Waals surface area contributed by atoms with E-state index < -0.39 is 11.7 Å². The quantitative estimate of drug-likeness (QED) is 0.293. The van der Waals surface area contributed by atoms with Crippen LogP contribution in [0.1, 0.15) is 73.7 Å². The van der Waals surface area contributed by atoms with E-state index in [-0.39, 0.29) is 17.8 Å². The Hall–Kier alpha value is -1.78. The summed E-state index contributed by atoms with van der Waals surface area (Å²) in [4.78, 5) is 16.9. The van der Waals surface area contributed by atoms with Gasteiger partial charge in [0.15, 0.2) is 5.16 Å². The van der Waals surface area contributed by atoms with Crippen LogP contribution >= 0.6 is 24.2 Å². The molecule has 11 heteroatoms. The molecule has 3 heterocycles. The average molecular weight is 584 g/mol. The molecule has 4 fully saturated rings. The molecule has 2 aliphatic carbocycles. The molecule has 6 nitrogen and oxygen atoms in total. The minimum Gasteiger partial charge on any atom is -0.342 e. The number of benzene rings is 1. The number of likely N-dealkylation sites (tertiary alicyclic amines) is 2. The van der Waals surface area contributed by atoms with E-state index in [0.717, 1.165) is 100.0 Å². The number of piperidine rings is 1. The van der Waals surface area contributed by atoms with Crippen LogP contribution in [0.2, 0.25) is 0 Å². The van der Waals surface area contributed by atoms with Crippen LogP contribution < -0.4 is 0 Å². The summed E-state index contributed by atoms with van der Waals surface area (Å²) >= 11 is 1.76. The summed E-state index contributed by atoms with van der Waals surface area (Å²) in [6, 6.07) is 5.80. The fourth-order valence-electron chi connectivity index (χ4n) is 6.56. The summed E-state index contributed by atoms with van der Waals surface area (Å²) in [6.07, 6.45) is 3.04. The minimum absolute atomic E-state index is 0. The number of hydrogen-bond acceptors (Lipinski definition) is 5. The van der Waals surface area contributed by atoms with Crippen LogP contribution in [-0.2, 0) is 18.0 Å². The number of halogens is 4. The number of nitrogens with zero attached hydrogens (tertiary/aromatic N) is 5. The van der Waals surface area contributed by atoms with Crippen LogP contribution in [0.4, 0.5) is 13.2 Å². The third-order valence-electron chi connectivity index (χ3n) is 9.11. The molecule has 214 valence electrons. The molecule has 2 atom stereocenters. The van der Waals surface area contributed by atoms with Crippen molar-refractivity contribution >= 4 is 30.1 Å². The van der Waals surface area contributed by atoms with E-state index in [4.69, 9.17) is 0 Å². The van der Waals surface area contributed by atoms with Crippen molar-refractivity contribution in [1.29, 1.82) is 0 Å². The van der Waals surface area contributed by atoms with Gasteiger partial charge in [0.05, 0.1) is 5.56 Å². The van der Waals surface area contributed by atoms with Crippen LogP contribution in [0.3, 0.4) is 0 Å². The van der Waals surface area contributed by atoms with Crippen LogP contribution in [0, 0.1) is 11.3 Å². The Morgan fingerprint density at radius 3 is 2.46 bits per heavy atom. The van der Waals surface area contributed by atoms with Crippen molar-refractivity contribution in [3.8, 4) is 0 Å². The average Bonchev–Trinajstić information content (AvgIpc) is 3.80. The zero-order valence-corrected chi connectivity index (χ0v) is 24.0. The highest BCUT2D eigenvalue weighted by Crippen LogP contribution is 2.64. The molecule has 6 rings (SSSR count). The molecular weight excluding hydrogens is 547 g/mol. The van der Waals surface area contributed by atoms with E-state index in [9.17, 15) is 18.0 Å². The Morgan fingerprint density at radius 1 is 1.08 bits per heavy atom. The van der Waals surface area contributed by atoms with Gasteiger partial charge >= 0.3 is 6.18 Å². The maximum atomic E-state index is 12.9. The zero-order valence-electron chi connectivity index (χ0n) is 22.3. The topological polar surface area (TPSA) is 54.3 Å². The molecule has 2 aliphatic heterocycles. The van der Waals surface area contributed by atoms with E-state index >= 15 is 0 Å². The van der Waals surface area contributed by atoms with Gasteiger partial charge in [-0.15, -0.1) is 22.6 Å². The van der Waals surface area contributed by atoms with Crippen molar-refractivity contribution in [2.24, 2.45) is 18.4 Å². The Labute approximate surface area is 238 Å². The smallest absolute Gasteiger partial charge is 0.342 e. The lowest BCUT2D eigenvalue weighted by Crippen LogP contribution is -2.39. The van der Waals surface area contributed by atoms with Gasteiger partial charge in [-0.05, 0) is 87.1 Å². The second-order valence-corrected chi connectivity index (χ2v) is 12.8. The molecule has 1 amide bonds. The molecule has 4 aliphatic rings. The summed E-state index contributed by atoms with van der Waals surface area (Å²) in [6.45, 7) is 4.79. The number of thioether (sulfide) groups is 1. The summed E-state index contributed by atoms with van der Waals surface area (Å²) < 4.78 is 40.8. The van der Waals surface area contributed by atoms with Gasteiger partial charge in [-0.25, -0.2) is 0 Å². The molecule has 2 saturated heterocycles. The van der Waals surface area contributed by atoms with Crippen molar-refractivity contribution in [3.05, 3.63) is 41.2 Å². The van der Waals surface area contributed by atoms with Crippen LogP contribution in [0.15, 0.2) is 29.4 Å². The number of carbonyl (C=O) groups excluding carboxylic acids is 1. The Balaban J connectivity index is 0.00000308. The van der Waals surface area contributed by atoms with Crippen LogP contribution in [0.5, 0.6) is 0 Å². The normalized spacial score (nSPS) is 25.7. The number of alkyl halides is 3. The first-order chi connectivity index (χ1) is 18.2. The van der Waals surface area contributed by atoms with Gasteiger partial charge < -0.3 is 14.4 Å². The second kappa shape index (κ2) is 11.2. The molecule has 39 heavy (non-hydrogen) atoms. The summed E-state index contributed by atoms with van der Waals surface area (Å²) in [5.74, 6) is 3.41. The number of aromatic nitrogens is 3. The van der Waals surface area contributed by atoms with Crippen molar-refractivity contribution in [2.45, 2.75) is 68.1 Å². The van der Waals surface area contributed by atoms with Crippen molar-refractivity contribution < 1.29 is 18.0 Å². The molecule has 0 N–H and O–H groups in total. The summed E-state index contributed by atoms with van der Waals surface area (Å²) in [5.41, 5.74) is 0.737. The summed E-state index contributed by atoms with van der Waals surface area (Å²) in [5, 5.41) is 9.93. The van der Waals surface area contributed by atoms with E-state index in [1.165, 1.54) is 12.1 Å². The highest BCUT2D eigenvalue weighted by molar-refractivity contribution is 7.99. The Kier molecular flexibility index (Phi) is 8.28. The summed E-state index contributed by atoms with van der Waals surface area (Å²) in [7, 11) is 2.05. The van der Waals surface area contributed by atoms with Crippen molar-refractivity contribution in [2.75, 3.05) is 38.5 Å². The van der Waals surface area contributed by atoms with E-state index in [1.54, 1.807) is 23.9 Å². The van der Waals surface area contributed by atoms with Gasteiger partial charge in [0.25, 0.3) is 0 Å². The number of rotatable bonds is 8. The lowest BCUT2D eigenvalue weighted by atomic mass is 9.95. The van der Waals surface area contributed by atoms with E-state index in [1.807, 2.05) is 4.90 Å². The van der Waals surface area contributed by atoms with Gasteiger partial charge in [0.2, 0.25) is 5.91 Å². The Bertz CT molecular complexity index is 1160. The molecule has 1 aromatic carbocycles. The highest BCUT2D eigenvalue weighted by atomic mass is 35.5. The molecule has 2 saturated carbocycles. The minimum atomic E-state index is -4.27. The first-order valence-electron chi connectivity index (χ1n) is 13.9. The first-order valence-corrected chi connectivity index (χ1v) is 14.9. The zero-order chi connectivity index (χ0) is 26.5. The van der Waals surface area contributed by atoms with E-state index in [2.05, 4.69) is 26.7 Å². The number of carbonyl (C=O) groups is 1. The number of amides is 1. The molecule has 1 spiro atoms. The first kappa shape index (κ1) is 28.7. The third-order valence-corrected chi connectivity index (χ3v) is 10.2. The molecule has 2 aromatic rings. The van der Waals surface area contributed by atoms with Crippen molar-refractivity contribution in [1.82, 2.24) is 24.6 Å². The maximum absolute atomic E-state index is 12.9. The fourth-order valence-corrected chi connectivity index (χ4v) is 7.40. The fraction of sp³-hybridized carbons (Fsp3) is 0.679. The Morgan fingerprint density at radius 2 is 1.79 bits per heavy atom. The van der Waals surface area contributed by atoms with Gasteiger partial charge in [-0.3, -0.25) is 4.79 Å². The van der Waals surface area contributed by atoms with Crippen LogP contribution in [0.25, 0.3) is 0 Å². The third kappa shape index (κ3) is 6.12. The van der Waals surface area contributed by atoms with Gasteiger partial charge in [0.1, 0.15) is 5.82 Å². The standard InChI is InChI=1S/C28H36F3N5OS.ClH/c1-34-24(20-9-13-36(14-10-20)25(37)21-3-4-21)32-33-26(34)38-16-2-12-35-15-11-27(18-35)17-23(27)19-5-7-22(8-6-19)28(29,30)31;/h5-8,20-21,23H,2-4,9-18H2,1H3;1H/t23-,27+;/m1./s1. The molecular formula is C28H37ClF3N5OS. The molecule has 1 aromatic heterocycles. The lowest BCUT2D eigenvalue weighted by Gasteiger charge is -2.31. The van der Waals surface area contributed by atoms with Gasteiger partial charge in [-0.1, -0.05) is 23.9 Å². The maximum Gasteiger partial charge on any atom is 0.416 e. The predicted octanol–water partition coefficient (Wildman–Crippen LogP) is 5.73. The van der Waals surface area contributed by atoms with E-state index in [0.29, 0.717) is 23.7 Å². The number of hydrogen-bond donors (Lipinski definition) is 0. The monoisotopic (exact) mass is 583 g/mol. The van der Waals surface area contributed by atoms with Gasteiger partial charge in [0, 0.05) is 44.3 Å². The largest absolute Gasteiger partial charge is 0.416 e. The van der Waals surface area contributed by atoms with Gasteiger partial charge in [-0.2, -0.15) is 13.2 Å². The molecule has 0 bridgehead atoms. The van der Waals surface area contributed by atoms with Crippen molar-refractivity contribution in [3.63, 3.8) is 0 Å². The lowest BCUT2D eigenvalue weighted by molar-refractivity contribution is -0.137. The molecule has 0 unspecified atom stereocenters. The predicted molar refractivity (Wildman–Crippen MR) is 147 cm³/mol. The van der Waals surface area contributed by atoms with Crippen LogP contribution in [-0.4, -0.2) is 68.9 Å². The molecule has 0 radical (unpaired) electrons. The highest BCUT2D eigenvalue weighted by Gasteiger charge is 2.57.